The van der Waals surface area contributed by atoms with Gasteiger partial charge in [-0.2, -0.15) is 0 Å². The predicted molar refractivity (Wildman–Crippen MR) is 168 cm³/mol. The van der Waals surface area contributed by atoms with Crippen LogP contribution in [0, 0.1) is 5.92 Å². The van der Waals surface area contributed by atoms with Gasteiger partial charge in [0.1, 0.15) is 12.3 Å². The Balaban J connectivity index is 1.19. The van der Waals surface area contributed by atoms with E-state index in [9.17, 15) is 14.4 Å². The highest BCUT2D eigenvalue weighted by Gasteiger charge is 2.27. The molecule has 43 heavy (non-hydrogen) atoms. The van der Waals surface area contributed by atoms with E-state index in [1.54, 1.807) is 0 Å². The molecule has 3 aliphatic carbocycles. The maximum Gasteiger partial charge on any atom is 0.239 e. The molecular weight excluding hydrogens is 542 g/mol. The molecule has 0 radical (unpaired) electrons. The molecule has 0 atom stereocenters. The summed E-state index contributed by atoms with van der Waals surface area (Å²) in [6.45, 7) is 1.06. The number of fused-ring (bicyclic) bond motifs is 1. The van der Waals surface area contributed by atoms with Crippen LogP contribution >= 0.6 is 0 Å². The van der Waals surface area contributed by atoms with Crippen molar-refractivity contribution >= 4 is 29.4 Å². The molecule has 3 fully saturated rings. The SMILES string of the molecule is CN(C(=O)CCCOc1ccc2c(c1)CN(CC(=O)NC1CCCCC1)C(NC(=O)CC1CCCCC1)=N2)C1CCCC1. The fourth-order valence-electron chi connectivity index (χ4n) is 7.20. The van der Waals surface area contributed by atoms with Crippen LogP contribution in [-0.4, -0.2) is 65.8 Å². The zero-order chi connectivity index (χ0) is 30.0. The number of nitrogens with zero attached hydrogens (tertiary/aromatic N) is 3. The molecule has 0 aromatic heterocycles. The van der Waals surface area contributed by atoms with Crippen LogP contribution in [0.2, 0.25) is 0 Å². The molecule has 0 spiro atoms. The third-order valence-electron chi connectivity index (χ3n) is 9.76. The van der Waals surface area contributed by atoms with Crippen molar-refractivity contribution in [3.05, 3.63) is 23.8 Å². The van der Waals surface area contributed by atoms with Gasteiger partial charge < -0.3 is 19.9 Å². The summed E-state index contributed by atoms with van der Waals surface area (Å²) in [5.41, 5.74) is 1.72. The fraction of sp³-hybridized carbons (Fsp3) is 0.706. The van der Waals surface area contributed by atoms with Gasteiger partial charge >= 0.3 is 0 Å². The fourth-order valence-corrected chi connectivity index (χ4v) is 7.20. The first-order valence-corrected chi connectivity index (χ1v) is 16.9. The number of guanidine groups is 1. The van der Waals surface area contributed by atoms with Crippen LogP contribution in [-0.2, 0) is 20.9 Å². The molecule has 0 bridgehead atoms. The largest absolute Gasteiger partial charge is 0.494 e. The minimum atomic E-state index is -0.0378. The number of carbonyl (C=O) groups is 3. The smallest absolute Gasteiger partial charge is 0.239 e. The second-order valence-corrected chi connectivity index (χ2v) is 13.1. The zero-order valence-electron chi connectivity index (χ0n) is 26.1. The van der Waals surface area contributed by atoms with Crippen molar-refractivity contribution in [2.24, 2.45) is 10.9 Å². The van der Waals surface area contributed by atoms with E-state index < -0.39 is 0 Å². The summed E-state index contributed by atoms with van der Waals surface area (Å²) >= 11 is 0. The van der Waals surface area contributed by atoms with E-state index in [0.717, 1.165) is 68.4 Å². The van der Waals surface area contributed by atoms with Gasteiger partial charge in [0.05, 0.1) is 12.3 Å². The monoisotopic (exact) mass is 593 g/mol. The summed E-state index contributed by atoms with van der Waals surface area (Å²) in [6, 6.07) is 6.39. The molecule has 3 saturated carbocycles. The van der Waals surface area contributed by atoms with E-state index in [0.29, 0.717) is 50.3 Å². The Hall–Kier alpha value is -3.10. The summed E-state index contributed by atoms with van der Waals surface area (Å²) in [5.74, 6) is 1.72. The lowest BCUT2D eigenvalue weighted by Crippen LogP contribution is -2.50. The van der Waals surface area contributed by atoms with E-state index >= 15 is 0 Å². The molecule has 0 unspecified atom stereocenters. The lowest BCUT2D eigenvalue weighted by atomic mass is 9.87. The topological polar surface area (TPSA) is 103 Å². The van der Waals surface area contributed by atoms with E-state index in [1.807, 2.05) is 35.0 Å². The lowest BCUT2D eigenvalue weighted by molar-refractivity contribution is -0.132. The molecule has 1 heterocycles. The Labute approximate surface area is 257 Å². The molecule has 1 aliphatic heterocycles. The molecule has 5 rings (SSSR count). The second kappa shape index (κ2) is 15.6. The molecular formula is C34H51N5O4. The highest BCUT2D eigenvalue weighted by Crippen LogP contribution is 2.31. The third kappa shape index (κ3) is 9.19. The second-order valence-electron chi connectivity index (χ2n) is 13.1. The van der Waals surface area contributed by atoms with Crippen molar-refractivity contribution in [3.63, 3.8) is 0 Å². The van der Waals surface area contributed by atoms with Crippen molar-refractivity contribution in [1.29, 1.82) is 0 Å². The van der Waals surface area contributed by atoms with Crippen LogP contribution in [0.3, 0.4) is 0 Å². The highest BCUT2D eigenvalue weighted by atomic mass is 16.5. The van der Waals surface area contributed by atoms with E-state index in [1.165, 1.54) is 38.5 Å². The lowest BCUT2D eigenvalue weighted by Gasteiger charge is -2.31. The van der Waals surface area contributed by atoms with Crippen LogP contribution in [0.4, 0.5) is 5.69 Å². The van der Waals surface area contributed by atoms with Crippen LogP contribution in [0.25, 0.3) is 0 Å². The van der Waals surface area contributed by atoms with Gasteiger partial charge in [0.2, 0.25) is 23.7 Å². The number of aliphatic imine (C=N–C) groups is 1. The van der Waals surface area contributed by atoms with Gasteiger partial charge in [0.15, 0.2) is 0 Å². The molecule has 1 aromatic rings. The van der Waals surface area contributed by atoms with Crippen molar-refractivity contribution in [1.82, 2.24) is 20.4 Å². The van der Waals surface area contributed by atoms with Crippen molar-refractivity contribution in [3.8, 4) is 5.75 Å². The summed E-state index contributed by atoms with van der Waals surface area (Å²) in [6.07, 6.45) is 17.7. The summed E-state index contributed by atoms with van der Waals surface area (Å²) < 4.78 is 6.03. The number of benzene rings is 1. The summed E-state index contributed by atoms with van der Waals surface area (Å²) in [7, 11) is 1.93. The van der Waals surface area contributed by atoms with Crippen molar-refractivity contribution < 1.29 is 19.1 Å². The first-order valence-electron chi connectivity index (χ1n) is 16.9. The highest BCUT2D eigenvalue weighted by molar-refractivity contribution is 6.00. The maximum absolute atomic E-state index is 13.1. The van der Waals surface area contributed by atoms with Gasteiger partial charge in [-0.05, 0) is 69.1 Å². The van der Waals surface area contributed by atoms with Crippen LogP contribution in [0.5, 0.6) is 5.75 Å². The van der Waals surface area contributed by atoms with Gasteiger partial charge in [0, 0.05) is 44.1 Å². The van der Waals surface area contributed by atoms with Gasteiger partial charge in [-0.15, -0.1) is 0 Å². The third-order valence-corrected chi connectivity index (χ3v) is 9.76. The van der Waals surface area contributed by atoms with E-state index in [-0.39, 0.29) is 30.3 Å². The molecule has 9 nitrogen and oxygen atoms in total. The number of ether oxygens (including phenoxy) is 1. The molecule has 0 saturated heterocycles. The molecule has 236 valence electrons. The number of nitrogens with one attached hydrogen (secondary N) is 2. The van der Waals surface area contributed by atoms with Gasteiger partial charge in [-0.3, -0.25) is 19.7 Å². The average Bonchev–Trinajstić information content (AvgIpc) is 3.55. The summed E-state index contributed by atoms with van der Waals surface area (Å²) in [5, 5.41) is 6.26. The Morgan fingerprint density at radius 2 is 1.63 bits per heavy atom. The van der Waals surface area contributed by atoms with Crippen LogP contribution < -0.4 is 15.4 Å². The number of hydrogen-bond acceptors (Lipinski definition) is 6. The van der Waals surface area contributed by atoms with Gasteiger partial charge in [-0.1, -0.05) is 51.4 Å². The van der Waals surface area contributed by atoms with Gasteiger partial charge in [-0.25, -0.2) is 4.99 Å². The Morgan fingerprint density at radius 3 is 2.37 bits per heavy atom. The Morgan fingerprint density at radius 1 is 0.930 bits per heavy atom. The van der Waals surface area contributed by atoms with Gasteiger partial charge in [0.25, 0.3) is 0 Å². The minimum Gasteiger partial charge on any atom is -0.494 e. The normalized spacial score (nSPS) is 19.8. The Bertz CT molecular complexity index is 1140. The van der Waals surface area contributed by atoms with Crippen molar-refractivity contribution in [2.75, 3.05) is 20.2 Å². The standard InChI is InChI=1S/C34H51N5O4/c1-38(28-15-8-9-16-28)33(42)17-10-20-43-29-18-19-30-26(22-29)23-39(24-32(41)35-27-13-6-3-7-14-27)34(36-30)37-31(40)21-25-11-4-2-5-12-25/h18-19,22,25,27-28H,2-17,20-21,23-24H2,1H3,(H,35,41)(H,36,37,40). The number of carbonyl (C=O) groups excluding carboxylic acids is 3. The first-order chi connectivity index (χ1) is 20.9. The Kier molecular flexibility index (Phi) is 11.3. The molecule has 2 N–H and O–H groups in total. The molecule has 4 aliphatic rings. The van der Waals surface area contributed by atoms with E-state index in [2.05, 4.69) is 10.6 Å². The first kappa shape index (κ1) is 31.3. The number of amides is 3. The van der Waals surface area contributed by atoms with Crippen LogP contribution in [0.1, 0.15) is 115 Å². The van der Waals surface area contributed by atoms with Crippen LogP contribution in [0.15, 0.2) is 23.2 Å². The average molecular weight is 594 g/mol. The molecule has 9 heteroatoms. The van der Waals surface area contributed by atoms with Crippen molar-refractivity contribution in [2.45, 2.75) is 128 Å². The number of hydrogen-bond donors (Lipinski definition) is 2. The maximum atomic E-state index is 13.1. The molecule has 1 aromatic carbocycles. The zero-order valence-corrected chi connectivity index (χ0v) is 26.1. The summed E-state index contributed by atoms with van der Waals surface area (Å²) in [4.78, 5) is 47.3. The predicted octanol–water partition coefficient (Wildman–Crippen LogP) is 5.59. The minimum absolute atomic E-state index is 0.0279. The number of rotatable bonds is 11. The quantitative estimate of drug-likeness (QED) is 0.326. The molecule has 3 amide bonds. The van der Waals surface area contributed by atoms with E-state index in [4.69, 9.17) is 9.73 Å².